The maximum absolute atomic E-state index is 12.2. The molecule has 1 unspecified atom stereocenters. The van der Waals surface area contributed by atoms with Gasteiger partial charge in [0, 0.05) is 10.4 Å². The maximum Gasteiger partial charge on any atom is 0.251 e. The third-order valence-electron chi connectivity index (χ3n) is 3.01. The molecule has 0 saturated carbocycles. The van der Waals surface area contributed by atoms with Gasteiger partial charge in [-0.05, 0) is 49.7 Å². The van der Waals surface area contributed by atoms with Crippen LogP contribution in [0.4, 0.5) is 5.69 Å². The van der Waals surface area contributed by atoms with Crippen molar-refractivity contribution in [3.8, 4) is 0 Å². The standard InChI is InChI=1S/C14H16ClN3OS/c1-8-7-10(3-4-11(8)18-16)14(19)17-9(2)12-5-6-13(15)20-12/h3-7,9,18H,16H2,1-2H3,(H,17,19). The lowest BCUT2D eigenvalue weighted by Gasteiger charge is -2.13. The monoisotopic (exact) mass is 309 g/mol. The molecular weight excluding hydrogens is 294 g/mol. The highest BCUT2D eigenvalue weighted by molar-refractivity contribution is 7.16. The number of rotatable bonds is 4. The summed E-state index contributed by atoms with van der Waals surface area (Å²) in [6.07, 6.45) is 0. The predicted molar refractivity (Wildman–Crippen MR) is 84.2 cm³/mol. The Morgan fingerprint density at radius 2 is 2.10 bits per heavy atom. The lowest BCUT2D eigenvalue weighted by atomic mass is 10.1. The van der Waals surface area contributed by atoms with Gasteiger partial charge in [-0.2, -0.15) is 0 Å². The van der Waals surface area contributed by atoms with Crippen molar-refractivity contribution >= 4 is 34.5 Å². The number of hydrogen-bond acceptors (Lipinski definition) is 4. The van der Waals surface area contributed by atoms with E-state index in [9.17, 15) is 4.79 Å². The number of carbonyl (C=O) groups is 1. The van der Waals surface area contributed by atoms with E-state index >= 15 is 0 Å². The first-order valence-corrected chi connectivity index (χ1v) is 7.34. The van der Waals surface area contributed by atoms with Crippen molar-refractivity contribution < 1.29 is 4.79 Å². The smallest absolute Gasteiger partial charge is 0.251 e. The van der Waals surface area contributed by atoms with Crippen LogP contribution in [0.3, 0.4) is 0 Å². The number of nitrogens with one attached hydrogen (secondary N) is 2. The molecule has 1 amide bonds. The molecule has 2 rings (SSSR count). The first-order chi connectivity index (χ1) is 9.51. The average molecular weight is 310 g/mol. The lowest BCUT2D eigenvalue weighted by Crippen LogP contribution is -2.26. The number of nitrogen functional groups attached to an aromatic ring is 1. The average Bonchev–Trinajstić information content (AvgIpc) is 2.85. The fraction of sp³-hybridized carbons (Fsp3) is 0.214. The molecule has 0 aliphatic heterocycles. The molecule has 0 aliphatic carbocycles. The summed E-state index contributed by atoms with van der Waals surface area (Å²) in [6, 6.07) is 9.01. The molecule has 0 fully saturated rings. The van der Waals surface area contributed by atoms with Crippen molar-refractivity contribution in [1.29, 1.82) is 0 Å². The minimum atomic E-state index is -0.117. The molecule has 6 heteroatoms. The van der Waals surface area contributed by atoms with Crippen LogP contribution in [0.5, 0.6) is 0 Å². The van der Waals surface area contributed by atoms with E-state index in [1.54, 1.807) is 18.2 Å². The number of hydrogen-bond donors (Lipinski definition) is 3. The summed E-state index contributed by atoms with van der Waals surface area (Å²) >= 11 is 7.37. The molecule has 1 heterocycles. The molecule has 20 heavy (non-hydrogen) atoms. The Hall–Kier alpha value is -1.56. The number of amides is 1. The Balaban J connectivity index is 2.10. The summed E-state index contributed by atoms with van der Waals surface area (Å²) in [4.78, 5) is 13.2. The van der Waals surface area contributed by atoms with E-state index in [1.807, 2.05) is 26.0 Å². The van der Waals surface area contributed by atoms with Crippen molar-refractivity contribution in [2.75, 3.05) is 5.43 Å². The number of aryl methyl sites for hydroxylation is 1. The van der Waals surface area contributed by atoms with Gasteiger partial charge in [-0.3, -0.25) is 10.6 Å². The van der Waals surface area contributed by atoms with E-state index < -0.39 is 0 Å². The Morgan fingerprint density at radius 3 is 2.65 bits per heavy atom. The minimum Gasteiger partial charge on any atom is -0.345 e. The molecule has 0 radical (unpaired) electrons. The van der Waals surface area contributed by atoms with Gasteiger partial charge in [0.25, 0.3) is 5.91 Å². The summed E-state index contributed by atoms with van der Waals surface area (Å²) in [5.74, 6) is 5.26. The minimum absolute atomic E-state index is 0.0763. The molecule has 0 aliphatic rings. The number of anilines is 1. The first-order valence-electron chi connectivity index (χ1n) is 6.14. The van der Waals surface area contributed by atoms with Gasteiger partial charge >= 0.3 is 0 Å². The number of halogens is 1. The molecule has 106 valence electrons. The van der Waals surface area contributed by atoms with Crippen molar-refractivity contribution in [2.24, 2.45) is 5.84 Å². The molecule has 4 N–H and O–H groups in total. The third-order valence-corrected chi connectivity index (χ3v) is 4.43. The van der Waals surface area contributed by atoms with Crippen molar-refractivity contribution in [3.63, 3.8) is 0 Å². The molecule has 0 spiro atoms. The SMILES string of the molecule is Cc1cc(C(=O)NC(C)c2ccc(Cl)s2)ccc1NN. The van der Waals surface area contributed by atoms with Crippen LogP contribution in [-0.4, -0.2) is 5.91 Å². The highest BCUT2D eigenvalue weighted by Crippen LogP contribution is 2.27. The summed E-state index contributed by atoms with van der Waals surface area (Å²) in [6.45, 7) is 3.83. The number of hydrazine groups is 1. The zero-order valence-corrected chi connectivity index (χ0v) is 12.8. The van der Waals surface area contributed by atoms with Gasteiger partial charge in [-0.15, -0.1) is 11.3 Å². The summed E-state index contributed by atoms with van der Waals surface area (Å²) in [5, 5.41) is 2.95. The van der Waals surface area contributed by atoms with Crippen LogP contribution >= 0.6 is 22.9 Å². The summed E-state index contributed by atoms with van der Waals surface area (Å²) in [7, 11) is 0. The Labute approximate surface area is 126 Å². The van der Waals surface area contributed by atoms with Crippen LogP contribution in [-0.2, 0) is 0 Å². The van der Waals surface area contributed by atoms with Crippen molar-refractivity contribution in [3.05, 3.63) is 50.7 Å². The Morgan fingerprint density at radius 1 is 1.35 bits per heavy atom. The van der Waals surface area contributed by atoms with Gasteiger partial charge in [0.05, 0.1) is 16.1 Å². The number of benzene rings is 1. The van der Waals surface area contributed by atoms with Gasteiger partial charge in [-0.25, -0.2) is 0 Å². The molecule has 1 aromatic heterocycles. The number of carbonyl (C=O) groups excluding carboxylic acids is 1. The summed E-state index contributed by atoms with van der Waals surface area (Å²) < 4.78 is 0.718. The van der Waals surface area contributed by atoms with Crippen LogP contribution in [0.2, 0.25) is 4.34 Å². The first kappa shape index (κ1) is 14.8. The van der Waals surface area contributed by atoms with E-state index in [1.165, 1.54) is 11.3 Å². The van der Waals surface area contributed by atoms with Gasteiger partial charge in [-0.1, -0.05) is 11.6 Å². The van der Waals surface area contributed by atoms with Crippen molar-refractivity contribution in [1.82, 2.24) is 5.32 Å². The van der Waals surface area contributed by atoms with Crippen LogP contribution < -0.4 is 16.6 Å². The van der Waals surface area contributed by atoms with E-state index in [-0.39, 0.29) is 11.9 Å². The lowest BCUT2D eigenvalue weighted by molar-refractivity contribution is 0.0940. The number of thiophene rings is 1. The van der Waals surface area contributed by atoms with Crippen LogP contribution in [0.25, 0.3) is 0 Å². The maximum atomic E-state index is 12.2. The second-order valence-electron chi connectivity index (χ2n) is 4.51. The molecule has 1 atom stereocenters. The van der Waals surface area contributed by atoms with Gasteiger partial charge in [0.2, 0.25) is 0 Å². The second-order valence-corrected chi connectivity index (χ2v) is 6.26. The molecule has 4 nitrogen and oxygen atoms in total. The fourth-order valence-electron chi connectivity index (χ4n) is 1.88. The third kappa shape index (κ3) is 3.30. The van der Waals surface area contributed by atoms with Gasteiger partial charge < -0.3 is 10.7 Å². The normalized spacial score (nSPS) is 12.0. The van der Waals surface area contributed by atoms with Gasteiger partial charge in [0.15, 0.2) is 0 Å². The zero-order valence-electron chi connectivity index (χ0n) is 11.2. The second kappa shape index (κ2) is 6.26. The van der Waals surface area contributed by atoms with E-state index in [0.29, 0.717) is 5.56 Å². The molecule has 0 saturated heterocycles. The van der Waals surface area contributed by atoms with E-state index in [2.05, 4.69) is 10.7 Å². The molecule has 2 aromatic rings. The number of nitrogens with two attached hydrogens (primary N) is 1. The predicted octanol–water partition coefficient (Wildman–Crippen LogP) is 3.49. The molecule has 1 aromatic carbocycles. The quantitative estimate of drug-likeness (QED) is 0.598. The van der Waals surface area contributed by atoms with E-state index in [0.717, 1.165) is 20.5 Å². The zero-order chi connectivity index (χ0) is 14.7. The highest BCUT2D eigenvalue weighted by atomic mass is 35.5. The topological polar surface area (TPSA) is 67.2 Å². The Bertz CT molecular complexity index is 627. The van der Waals surface area contributed by atoms with Gasteiger partial charge in [0.1, 0.15) is 0 Å². The summed E-state index contributed by atoms with van der Waals surface area (Å²) in [5.41, 5.74) is 4.92. The van der Waals surface area contributed by atoms with Crippen LogP contribution in [0.1, 0.15) is 33.8 Å². The van der Waals surface area contributed by atoms with Crippen LogP contribution in [0.15, 0.2) is 30.3 Å². The Kier molecular flexibility index (Phi) is 4.65. The largest absolute Gasteiger partial charge is 0.345 e. The molecule has 0 bridgehead atoms. The fourth-order valence-corrected chi connectivity index (χ4v) is 2.94. The molecular formula is C14H16ClN3OS. The highest BCUT2D eigenvalue weighted by Gasteiger charge is 2.13. The van der Waals surface area contributed by atoms with E-state index in [4.69, 9.17) is 17.4 Å². The van der Waals surface area contributed by atoms with Crippen molar-refractivity contribution in [2.45, 2.75) is 19.9 Å². The van der Waals surface area contributed by atoms with Crippen LogP contribution in [0, 0.1) is 6.92 Å².